The predicted molar refractivity (Wildman–Crippen MR) is 80.5 cm³/mol. The van der Waals surface area contributed by atoms with Gasteiger partial charge in [0.25, 0.3) is 0 Å². The maximum Gasteiger partial charge on any atom is 0.328 e. The summed E-state index contributed by atoms with van der Waals surface area (Å²) in [4.78, 5) is 23.6. The third-order valence-electron chi connectivity index (χ3n) is 3.24. The Labute approximate surface area is 132 Å². The molecular formula is C15H19F2NO3S. The fourth-order valence-electron chi connectivity index (χ4n) is 1.74. The van der Waals surface area contributed by atoms with E-state index in [0.29, 0.717) is 6.42 Å². The van der Waals surface area contributed by atoms with Crippen LogP contribution in [0, 0.1) is 17.6 Å². The molecule has 0 spiro atoms. The van der Waals surface area contributed by atoms with Crippen molar-refractivity contribution in [2.24, 2.45) is 5.92 Å². The first-order chi connectivity index (χ1) is 10.4. The lowest BCUT2D eigenvalue weighted by molar-refractivity contribution is -0.146. The number of benzene rings is 1. The van der Waals surface area contributed by atoms with E-state index in [-0.39, 0.29) is 16.6 Å². The molecule has 0 aromatic heterocycles. The average molecular weight is 331 g/mol. The quantitative estimate of drug-likeness (QED) is 0.617. The van der Waals surface area contributed by atoms with Gasteiger partial charge in [0, 0.05) is 4.90 Å². The fourth-order valence-corrected chi connectivity index (χ4v) is 2.51. The highest BCUT2D eigenvalue weighted by molar-refractivity contribution is 8.00. The number of hydrogen-bond donors (Lipinski definition) is 1. The summed E-state index contributed by atoms with van der Waals surface area (Å²) in [7, 11) is 1.25. The average Bonchev–Trinajstić information content (AvgIpc) is 2.51. The SMILES string of the molecule is CC[C@H](C)[C@H](NC(=O)CSc1cc(F)ccc1F)C(=O)OC. The van der Waals surface area contributed by atoms with Crippen molar-refractivity contribution >= 4 is 23.6 Å². The van der Waals surface area contributed by atoms with Gasteiger partial charge in [0.2, 0.25) is 5.91 Å². The number of methoxy groups -OCH3 is 1. The van der Waals surface area contributed by atoms with Crippen LogP contribution in [0.1, 0.15) is 20.3 Å². The molecule has 0 saturated heterocycles. The number of halogens is 2. The van der Waals surface area contributed by atoms with E-state index < -0.39 is 29.6 Å². The Hall–Kier alpha value is -1.63. The summed E-state index contributed by atoms with van der Waals surface area (Å²) < 4.78 is 31.2. The van der Waals surface area contributed by atoms with E-state index in [0.717, 1.165) is 30.0 Å². The number of thioether (sulfide) groups is 1. The number of esters is 1. The van der Waals surface area contributed by atoms with Crippen LogP contribution in [0.25, 0.3) is 0 Å². The van der Waals surface area contributed by atoms with Crippen LogP contribution in [0.5, 0.6) is 0 Å². The lowest BCUT2D eigenvalue weighted by Gasteiger charge is -2.21. The molecule has 7 heteroatoms. The molecule has 0 unspecified atom stereocenters. The molecule has 22 heavy (non-hydrogen) atoms. The van der Waals surface area contributed by atoms with Gasteiger partial charge in [-0.05, 0) is 24.1 Å². The van der Waals surface area contributed by atoms with Gasteiger partial charge >= 0.3 is 5.97 Å². The topological polar surface area (TPSA) is 55.4 Å². The van der Waals surface area contributed by atoms with E-state index in [1.807, 2.05) is 13.8 Å². The minimum absolute atomic E-state index is 0.0494. The minimum atomic E-state index is -0.750. The normalized spacial score (nSPS) is 13.3. The molecule has 1 aromatic carbocycles. The Morgan fingerprint density at radius 2 is 2.05 bits per heavy atom. The van der Waals surface area contributed by atoms with Crippen molar-refractivity contribution in [3.05, 3.63) is 29.8 Å². The van der Waals surface area contributed by atoms with Gasteiger partial charge in [-0.3, -0.25) is 4.79 Å². The summed E-state index contributed by atoms with van der Waals surface area (Å²) in [6, 6.07) is 2.29. The van der Waals surface area contributed by atoms with Crippen LogP contribution >= 0.6 is 11.8 Å². The third-order valence-corrected chi connectivity index (χ3v) is 4.27. The van der Waals surface area contributed by atoms with Crippen molar-refractivity contribution in [2.75, 3.05) is 12.9 Å². The number of ether oxygens (including phenoxy) is 1. The van der Waals surface area contributed by atoms with Gasteiger partial charge in [-0.25, -0.2) is 13.6 Å². The molecule has 122 valence electrons. The van der Waals surface area contributed by atoms with Crippen molar-refractivity contribution in [3.63, 3.8) is 0 Å². The zero-order valence-electron chi connectivity index (χ0n) is 12.7. The Morgan fingerprint density at radius 1 is 1.36 bits per heavy atom. The first-order valence-corrected chi connectivity index (χ1v) is 7.82. The molecule has 2 atom stereocenters. The van der Waals surface area contributed by atoms with E-state index >= 15 is 0 Å². The Bertz CT molecular complexity index is 540. The third kappa shape index (κ3) is 5.29. The lowest BCUT2D eigenvalue weighted by atomic mass is 9.99. The number of amides is 1. The van der Waals surface area contributed by atoms with E-state index in [1.54, 1.807) is 0 Å². The summed E-state index contributed by atoms with van der Waals surface area (Å²) in [5.74, 6) is -2.34. The van der Waals surface area contributed by atoms with Crippen LogP contribution in [-0.2, 0) is 14.3 Å². The van der Waals surface area contributed by atoms with Crippen LogP contribution in [0.4, 0.5) is 8.78 Å². The molecule has 1 amide bonds. The minimum Gasteiger partial charge on any atom is -0.467 e. The van der Waals surface area contributed by atoms with Gasteiger partial charge in [-0.1, -0.05) is 20.3 Å². The van der Waals surface area contributed by atoms with E-state index in [2.05, 4.69) is 10.1 Å². The van der Waals surface area contributed by atoms with Gasteiger partial charge in [-0.15, -0.1) is 11.8 Å². The van der Waals surface area contributed by atoms with Crippen molar-refractivity contribution in [2.45, 2.75) is 31.2 Å². The van der Waals surface area contributed by atoms with Gasteiger partial charge in [0.05, 0.1) is 12.9 Å². The van der Waals surface area contributed by atoms with Gasteiger partial charge in [-0.2, -0.15) is 0 Å². The van der Waals surface area contributed by atoms with E-state index in [4.69, 9.17) is 0 Å². The van der Waals surface area contributed by atoms with Gasteiger partial charge in [0.15, 0.2) is 0 Å². The molecule has 0 aliphatic rings. The van der Waals surface area contributed by atoms with Crippen LogP contribution in [0.15, 0.2) is 23.1 Å². The molecule has 0 aliphatic heterocycles. The Balaban J connectivity index is 2.64. The van der Waals surface area contributed by atoms with Crippen molar-refractivity contribution in [3.8, 4) is 0 Å². The second-order valence-corrected chi connectivity index (χ2v) is 5.83. The van der Waals surface area contributed by atoms with Crippen molar-refractivity contribution < 1.29 is 23.1 Å². The van der Waals surface area contributed by atoms with E-state index in [1.165, 1.54) is 7.11 Å². The molecule has 0 heterocycles. The van der Waals surface area contributed by atoms with Gasteiger partial charge < -0.3 is 10.1 Å². The standard InChI is InChI=1S/C15H19F2NO3S/c1-4-9(2)14(15(20)21-3)18-13(19)8-22-12-7-10(16)5-6-11(12)17/h5-7,9,14H,4,8H2,1-3H3,(H,18,19)/t9-,14-/m0/s1. The highest BCUT2D eigenvalue weighted by Gasteiger charge is 2.26. The second-order valence-electron chi connectivity index (χ2n) is 4.82. The molecular weight excluding hydrogens is 312 g/mol. The predicted octanol–water partition coefficient (Wildman–Crippen LogP) is 2.76. The summed E-state index contributed by atoms with van der Waals surface area (Å²) in [6.07, 6.45) is 0.686. The molecule has 0 aliphatic carbocycles. The summed E-state index contributed by atoms with van der Waals surface area (Å²) >= 11 is 0.871. The smallest absolute Gasteiger partial charge is 0.328 e. The molecule has 1 aromatic rings. The van der Waals surface area contributed by atoms with Crippen LogP contribution in [0.3, 0.4) is 0 Å². The lowest BCUT2D eigenvalue weighted by Crippen LogP contribution is -2.46. The zero-order chi connectivity index (χ0) is 16.7. The van der Waals surface area contributed by atoms with Crippen LogP contribution in [-0.4, -0.2) is 30.8 Å². The van der Waals surface area contributed by atoms with Gasteiger partial charge in [0.1, 0.15) is 17.7 Å². The molecule has 1 N–H and O–H groups in total. The van der Waals surface area contributed by atoms with Crippen molar-refractivity contribution in [1.29, 1.82) is 0 Å². The summed E-state index contributed by atoms with van der Waals surface area (Å²) in [5.41, 5.74) is 0. The molecule has 1 rings (SSSR count). The Kier molecular flexibility index (Phi) is 7.31. The molecule has 0 radical (unpaired) electrons. The summed E-state index contributed by atoms with van der Waals surface area (Å²) in [6.45, 7) is 3.71. The number of nitrogens with one attached hydrogen (secondary N) is 1. The first kappa shape index (κ1) is 18.4. The molecule has 0 fully saturated rings. The summed E-state index contributed by atoms with van der Waals surface area (Å²) in [5, 5.41) is 2.57. The zero-order valence-corrected chi connectivity index (χ0v) is 13.5. The highest BCUT2D eigenvalue weighted by Crippen LogP contribution is 2.22. The number of carbonyl (C=O) groups excluding carboxylic acids is 2. The van der Waals surface area contributed by atoms with E-state index in [9.17, 15) is 18.4 Å². The van der Waals surface area contributed by atoms with Crippen LogP contribution < -0.4 is 5.32 Å². The second kappa shape index (κ2) is 8.73. The van der Waals surface area contributed by atoms with Crippen LogP contribution in [0.2, 0.25) is 0 Å². The maximum atomic E-state index is 13.5. The monoisotopic (exact) mass is 331 g/mol. The fraction of sp³-hybridized carbons (Fsp3) is 0.467. The largest absolute Gasteiger partial charge is 0.467 e. The maximum absolute atomic E-state index is 13.5. The number of rotatable bonds is 7. The Morgan fingerprint density at radius 3 is 2.64 bits per heavy atom. The number of hydrogen-bond acceptors (Lipinski definition) is 4. The van der Waals surface area contributed by atoms with Crippen molar-refractivity contribution in [1.82, 2.24) is 5.32 Å². The molecule has 0 bridgehead atoms. The molecule has 4 nitrogen and oxygen atoms in total. The first-order valence-electron chi connectivity index (χ1n) is 6.84. The number of carbonyl (C=O) groups is 2. The highest BCUT2D eigenvalue weighted by atomic mass is 32.2. The molecule has 0 saturated carbocycles.